The molecule has 22 heavy (non-hydrogen) atoms. The first-order chi connectivity index (χ1) is 10.4. The Bertz CT molecular complexity index is 560. The molecule has 1 fully saturated rings. The van der Waals surface area contributed by atoms with Crippen molar-refractivity contribution in [3.8, 4) is 0 Å². The van der Waals surface area contributed by atoms with Gasteiger partial charge in [0.2, 0.25) is 10.0 Å². The van der Waals surface area contributed by atoms with E-state index in [9.17, 15) is 8.42 Å². The number of sulfonamides is 1. The molecule has 0 spiro atoms. The molecule has 0 radical (unpaired) electrons. The molecule has 1 unspecified atom stereocenters. The van der Waals surface area contributed by atoms with Crippen molar-refractivity contribution in [2.24, 2.45) is 0 Å². The first-order valence-electron chi connectivity index (χ1n) is 8.09. The lowest BCUT2D eigenvalue weighted by Gasteiger charge is -2.25. The van der Waals surface area contributed by atoms with Gasteiger partial charge in [-0.25, -0.2) is 12.7 Å². The quantitative estimate of drug-likeness (QED) is 0.805. The minimum Gasteiger partial charge on any atom is -0.378 e. The molecule has 1 aromatic rings. The lowest BCUT2D eigenvalue weighted by atomic mass is 10.0. The maximum atomic E-state index is 12.6. The largest absolute Gasteiger partial charge is 0.378 e. The lowest BCUT2D eigenvalue weighted by molar-refractivity contribution is 0.00950. The second-order valence-corrected chi connectivity index (χ2v) is 8.37. The van der Waals surface area contributed by atoms with Gasteiger partial charge in [0.25, 0.3) is 0 Å². The number of benzene rings is 1. The normalized spacial score (nSPS) is 19.8. The number of hydrogen-bond donors (Lipinski definition) is 0. The molecule has 1 aromatic carbocycles. The summed E-state index contributed by atoms with van der Waals surface area (Å²) in [5, 5.41) is 0. The zero-order valence-electron chi connectivity index (χ0n) is 13.8. The van der Waals surface area contributed by atoms with E-state index in [2.05, 4.69) is 13.8 Å². The van der Waals surface area contributed by atoms with Gasteiger partial charge >= 0.3 is 0 Å². The monoisotopic (exact) mass is 325 g/mol. The van der Waals surface area contributed by atoms with E-state index in [1.807, 2.05) is 12.1 Å². The van der Waals surface area contributed by atoms with E-state index in [1.54, 1.807) is 19.2 Å². The standard InChI is InChI=1S/C17H27NO3S/c1-14(2)15-7-9-17(10-8-15)22(19,20)18(3)12-11-16-6-4-5-13-21-16/h7-10,14,16H,4-6,11-13H2,1-3H3. The summed E-state index contributed by atoms with van der Waals surface area (Å²) in [6, 6.07) is 7.21. The molecule has 4 nitrogen and oxygen atoms in total. The van der Waals surface area contributed by atoms with Crippen LogP contribution >= 0.6 is 0 Å². The topological polar surface area (TPSA) is 46.6 Å². The Hall–Kier alpha value is -0.910. The van der Waals surface area contributed by atoms with Crippen LogP contribution < -0.4 is 0 Å². The van der Waals surface area contributed by atoms with Crippen molar-refractivity contribution in [3.63, 3.8) is 0 Å². The predicted molar refractivity (Wildman–Crippen MR) is 88.6 cm³/mol. The molecule has 0 saturated carbocycles. The molecule has 5 heteroatoms. The minimum absolute atomic E-state index is 0.203. The Balaban J connectivity index is 1.98. The number of nitrogens with zero attached hydrogens (tertiary/aromatic N) is 1. The third-order valence-corrected chi connectivity index (χ3v) is 6.17. The van der Waals surface area contributed by atoms with E-state index in [0.29, 0.717) is 17.4 Å². The van der Waals surface area contributed by atoms with Crippen molar-refractivity contribution >= 4 is 10.0 Å². The van der Waals surface area contributed by atoms with Crippen LogP contribution in [0, 0.1) is 0 Å². The van der Waals surface area contributed by atoms with Crippen molar-refractivity contribution in [1.29, 1.82) is 0 Å². The summed E-state index contributed by atoms with van der Waals surface area (Å²) in [6.07, 6.45) is 4.30. The zero-order chi connectivity index (χ0) is 16.2. The van der Waals surface area contributed by atoms with Gasteiger partial charge in [0.05, 0.1) is 11.0 Å². The molecular formula is C17H27NO3S. The molecule has 0 N–H and O–H groups in total. The predicted octanol–water partition coefficient (Wildman–Crippen LogP) is 3.39. The second-order valence-electron chi connectivity index (χ2n) is 6.33. The van der Waals surface area contributed by atoms with E-state index in [1.165, 1.54) is 10.7 Å². The SMILES string of the molecule is CC(C)c1ccc(S(=O)(=O)N(C)CCC2CCCCO2)cc1. The highest BCUT2D eigenvalue weighted by Crippen LogP contribution is 2.21. The molecule has 0 aromatic heterocycles. The molecule has 0 amide bonds. The first-order valence-corrected chi connectivity index (χ1v) is 9.53. The van der Waals surface area contributed by atoms with E-state index < -0.39 is 10.0 Å². The van der Waals surface area contributed by atoms with Gasteiger partial charge in [0.1, 0.15) is 0 Å². The third-order valence-electron chi connectivity index (χ3n) is 4.29. The van der Waals surface area contributed by atoms with Crippen LogP contribution in [0.3, 0.4) is 0 Å². The van der Waals surface area contributed by atoms with Gasteiger partial charge in [0, 0.05) is 20.2 Å². The molecule has 1 heterocycles. The summed E-state index contributed by atoms with van der Waals surface area (Å²) < 4.78 is 32.2. The van der Waals surface area contributed by atoms with Crippen molar-refractivity contribution in [2.75, 3.05) is 20.2 Å². The summed E-state index contributed by atoms with van der Waals surface area (Å²) in [6.45, 7) is 5.50. The number of ether oxygens (including phenoxy) is 1. The molecule has 1 aliphatic heterocycles. The van der Waals surface area contributed by atoms with Crippen LogP contribution in [0.2, 0.25) is 0 Å². The molecule has 1 atom stereocenters. The molecule has 0 bridgehead atoms. The third kappa shape index (κ3) is 4.31. The van der Waals surface area contributed by atoms with Crippen LogP contribution in [0.25, 0.3) is 0 Å². The van der Waals surface area contributed by atoms with Crippen LogP contribution in [-0.4, -0.2) is 39.0 Å². The maximum absolute atomic E-state index is 12.6. The zero-order valence-corrected chi connectivity index (χ0v) is 14.6. The van der Waals surface area contributed by atoms with Gasteiger partial charge in [0.15, 0.2) is 0 Å². The fourth-order valence-electron chi connectivity index (χ4n) is 2.69. The molecule has 1 aliphatic rings. The summed E-state index contributed by atoms with van der Waals surface area (Å²) in [5.41, 5.74) is 1.15. The maximum Gasteiger partial charge on any atom is 0.242 e. The molecule has 0 aliphatic carbocycles. The van der Waals surface area contributed by atoms with Crippen LogP contribution in [0.4, 0.5) is 0 Å². The van der Waals surface area contributed by atoms with Crippen LogP contribution in [0.5, 0.6) is 0 Å². The number of rotatable bonds is 6. The summed E-state index contributed by atoms with van der Waals surface area (Å²) >= 11 is 0. The first kappa shape index (κ1) is 17.4. The Kier molecular flexibility index (Phi) is 6.01. The van der Waals surface area contributed by atoms with Crippen LogP contribution in [0.15, 0.2) is 29.2 Å². The highest BCUT2D eigenvalue weighted by atomic mass is 32.2. The fraction of sp³-hybridized carbons (Fsp3) is 0.647. The van der Waals surface area contributed by atoms with Crippen molar-refractivity contribution in [3.05, 3.63) is 29.8 Å². The van der Waals surface area contributed by atoms with Gasteiger partial charge in [-0.3, -0.25) is 0 Å². The smallest absolute Gasteiger partial charge is 0.242 e. The van der Waals surface area contributed by atoms with Crippen LogP contribution in [-0.2, 0) is 14.8 Å². The fourth-order valence-corrected chi connectivity index (χ4v) is 3.87. The Morgan fingerprint density at radius 3 is 2.45 bits per heavy atom. The van der Waals surface area contributed by atoms with Crippen molar-refractivity contribution in [1.82, 2.24) is 4.31 Å². The minimum atomic E-state index is -3.40. The number of hydrogen-bond acceptors (Lipinski definition) is 3. The summed E-state index contributed by atoms with van der Waals surface area (Å²) in [7, 11) is -1.76. The van der Waals surface area contributed by atoms with Gasteiger partial charge in [-0.15, -0.1) is 0 Å². The van der Waals surface area contributed by atoms with Gasteiger partial charge < -0.3 is 4.74 Å². The van der Waals surface area contributed by atoms with E-state index in [-0.39, 0.29) is 6.10 Å². The second kappa shape index (κ2) is 7.57. The van der Waals surface area contributed by atoms with Gasteiger partial charge in [-0.2, -0.15) is 0 Å². The Morgan fingerprint density at radius 2 is 1.91 bits per heavy atom. The molecule has 1 saturated heterocycles. The lowest BCUT2D eigenvalue weighted by Crippen LogP contribution is -2.31. The van der Waals surface area contributed by atoms with Crippen molar-refractivity contribution in [2.45, 2.75) is 56.4 Å². The van der Waals surface area contributed by atoms with Gasteiger partial charge in [-0.05, 0) is 49.3 Å². The van der Waals surface area contributed by atoms with E-state index in [0.717, 1.165) is 31.4 Å². The Morgan fingerprint density at radius 1 is 1.23 bits per heavy atom. The highest BCUT2D eigenvalue weighted by Gasteiger charge is 2.22. The molecular weight excluding hydrogens is 298 g/mol. The summed E-state index contributed by atoms with van der Waals surface area (Å²) in [5.74, 6) is 0.401. The van der Waals surface area contributed by atoms with Crippen LogP contribution in [0.1, 0.15) is 51.0 Å². The average molecular weight is 325 g/mol. The molecule has 2 rings (SSSR count). The van der Waals surface area contributed by atoms with E-state index >= 15 is 0 Å². The van der Waals surface area contributed by atoms with Crippen molar-refractivity contribution < 1.29 is 13.2 Å². The molecule has 124 valence electrons. The highest BCUT2D eigenvalue weighted by molar-refractivity contribution is 7.89. The average Bonchev–Trinajstić information content (AvgIpc) is 2.53. The van der Waals surface area contributed by atoms with E-state index in [4.69, 9.17) is 4.74 Å². The Labute approximate surface area is 134 Å². The van der Waals surface area contributed by atoms with Gasteiger partial charge in [-0.1, -0.05) is 26.0 Å². The summed E-state index contributed by atoms with van der Waals surface area (Å²) in [4.78, 5) is 0.365.